The van der Waals surface area contributed by atoms with Gasteiger partial charge in [0.1, 0.15) is 0 Å². The summed E-state index contributed by atoms with van der Waals surface area (Å²) in [5.74, 6) is -0.859. The van der Waals surface area contributed by atoms with E-state index in [1.54, 1.807) is 19.2 Å². The van der Waals surface area contributed by atoms with Crippen LogP contribution in [0.1, 0.15) is 18.9 Å². The maximum atomic E-state index is 10.9. The fraction of sp³-hybridized carbons (Fsp3) is 0.158. The Bertz CT molecular complexity index is 863. The van der Waals surface area contributed by atoms with Crippen molar-refractivity contribution in [2.75, 3.05) is 0 Å². The molecule has 2 aromatic heterocycles. The van der Waals surface area contributed by atoms with E-state index in [0.29, 0.717) is 12.0 Å². The van der Waals surface area contributed by atoms with E-state index in [-0.39, 0.29) is 0 Å². The third-order valence-corrected chi connectivity index (χ3v) is 3.92. The van der Waals surface area contributed by atoms with E-state index in [4.69, 9.17) is 5.11 Å². The summed E-state index contributed by atoms with van der Waals surface area (Å²) in [6.07, 6.45) is 9.00. The van der Waals surface area contributed by atoms with Crippen LogP contribution in [0.4, 0.5) is 0 Å². The third kappa shape index (κ3) is 3.16. The molecule has 2 heterocycles. The Balaban J connectivity index is 1.96. The average Bonchev–Trinajstić information content (AvgIpc) is 2.94. The summed E-state index contributed by atoms with van der Waals surface area (Å²) >= 11 is 0. The predicted molar refractivity (Wildman–Crippen MR) is 90.8 cm³/mol. The number of nitrogens with zero attached hydrogens (tertiary/aromatic N) is 2. The zero-order chi connectivity index (χ0) is 16.2. The Labute approximate surface area is 134 Å². The van der Waals surface area contributed by atoms with Crippen molar-refractivity contribution in [1.82, 2.24) is 9.55 Å². The van der Waals surface area contributed by atoms with Gasteiger partial charge in [-0.3, -0.25) is 4.98 Å². The molecule has 3 rings (SSSR count). The van der Waals surface area contributed by atoms with Gasteiger partial charge < -0.3 is 9.67 Å². The zero-order valence-electron chi connectivity index (χ0n) is 12.9. The van der Waals surface area contributed by atoms with Crippen molar-refractivity contribution in [3.8, 4) is 5.69 Å². The minimum absolute atomic E-state index is 0.390. The molecule has 0 aliphatic rings. The lowest BCUT2D eigenvalue weighted by Gasteiger charge is -2.03. The maximum Gasteiger partial charge on any atom is 0.330 e. The smallest absolute Gasteiger partial charge is 0.330 e. The highest BCUT2D eigenvalue weighted by Gasteiger charge is 2.09. The molecule has 116 valence electrons. The second kappa shape index (κ2) is 6.48. The van der Waals surface area contributed by atoms with Gasteiger partial charge in [-0.25, -0.2) is 4.79 Å². The van der Waals surface area contributed by atoms with Gasteiger partial charge in [0.05, 0.1) is 17.4 Å². The molecule has 0 saturated heterocycles. The maximum absolute atomic E-state index is 10.9. The van der Waals surface area contributed by atoms with Gasteiger partial charge in [0.25, 0.3) is 0 Å². The average molecular weight is 306 g/mol. The second-order valence-corrected chi connectivity index (χ2v) is 5.48. The fourth-order valence-electron chi connectivity index (χ4n) is 2.69. The number of aromatic nitrogens is 2. The summed E-state index contributed by atoms with van der Waals surface area (Å²) in [5.41, 5.74) is 3.75. The van der Waals surface area contributed by atoms with E-state index in [9.17, 15) is 4.79 Å². The predicted octanol–water partition coefficient (Wildman–Crippen LogP) is 3.99. The van der Waals surface area contributed by atoms with Crippen LogP contribution < -0.4 is 0 Å². The molecule has 0 atom stereocenters. The first kappa shape index (κ1) is 15.0. The number of hydrogen-bond donors (Lipinski definition) is 1. The molecule has 0 aliphatic carbocycles. The number of hydrogen-bond acceptors (Lipinski definition) is 2. The number of allylic oxidation sites excluding steroid dienone is 1. The first-order valence-corrected chi connectivity index (χ1v) is 7.56. The number of carboxylic acids is 1. The monoisotopic (exact) mass is 306 g/mol. The number of carbonyl (C=O) groups is 1. The second-order valence-electron chi connectivity index (χ2n) is 5.48. The number of aliphatic carboxylic acids is 1. The molecule has 0 radical (unpaired) electrons. The number of fused-ring (bicyclic) bond motifs is 1. The van der Waals surface area contributed by atoms with Crippen LogP contribution in [-0.2, 0) is 11.2 Å². The van der Waals surface area contributed by atoms with Gasteiger partial charge in [0.2, 0.25) is 0 Å². The van der Waals surface area contributed by atoms with Gasteiger partial charge in [-0.2, -0.15) is 0 Å². The molecule has 3 aromatic rings. The Morgan fingerprint density at radius 1 is 1.26 bits per heavy atom. The van der Waals surface area contributed by atoms with Crippen LogP contribution in [0, 0.1) is 0 Å². The molecule has 0 amide bonds. The van der Waals surface area contributed by atoms with Crippen molar-refractivity contribution in [1.29, 1.82) is 0 Å². The van der Waals surface area contributed by atoms with Crippen molar-refractivity contribution in [2.45, 2.75) is 19.8 Å². The van der Waals surface area contributed by atoms with E-state index >= 15 is 0 Å². The van der Waals surface area contributed by atoms with Gasteiger partial charge in [0.15, 0.2) is 0 Å². The quantitative estimate of drug-likeness (QED) is 0.725. The molecule has 23 heavy (non-hydrogen) atoms. The van der Waals surface area contributed by atoms with Crippen LogP contribution in [0.2, 0.25) is 0 Å². The van der Waals surface area contributed by atoms with E-state index in [1.165, 1.54) is 10.9 Å². The molecule has 0 bridgehead atoms. The summed E-state index contributed by atoms with van der Waals surface area (Å²) in [4.78, 5) is 15.1. The lowest BCUT2D eigenvalue weighted by atomic mass is 10.1. The van der Waals surface area contributed by atoms with E-state index < -0.39 is 5.97 Å². The SMILES string of the molecule is C/C(=C\CCc1cn(-c2cccnc2)c2ccccc12)C(=O)O. The summed E-state index contributed by atoms with van der Waals surface area (Å²) < 4.78 is 2.13. The Hall–Kier alpha value is -2.88. The first-order valence-electron chi connectivity index (χ1n) is 7.56. The highest BCUT2D eigenvalue weighted by atomic mass is 16.4. The van der Waals surface area contributed by atoms with Gasteiger partial charge in [-0.15, -0.1) is 0 Å². The normalized spacial score (nSPS) is 11.8. The van der Waals surface area contributed by atoms with Crippen LogP contribution in [0.5, 0.6) is 0 Å². The molecule has 4 nitrogen and oxygen atoms in total. The highest BCUT2D eigenvalue weighted by Crippen LogP contribution is 2.25. The van der Waals surface area contributed by atoms with Gasteiger partial charge in [-0.05, 0) is 43.5 Å². The molecular formula is C19H18N2O2. The fourth-order valence-corrected chi connectivity index (χ4v) is 2.69. The molecule has 1 aromatic carbocycles. The molecule has 0 aliphatic heterocycles. The van der Waals surface area contributed by atoms with Crippen molar-refractivity contribution in [3.63, 3.8) is 0 Å². The number of pyridine rings is 1. The summed E-state index contributed by atoms with van der Waals surface area (Å²) in [6, 6.07) is 12.2. The van der Waals surface area contributed by atoms with Crippen molar-refractivity contribution in [2.24, 2.45) is 0 Å². The van der Waals surface area contributed by atoms with Gasteiger partial charge in [-0.1, -0.05) is 24.3 Å². The van der Waals surface area contributed by atoms with E-state index in [1.807, 2.05) is 30.5 Å². The number of carboxylic acid groups (broad SMARTS) is 1. The van der Waals surface area contributed by atoms with Crippen LogP contribution >= 0.6 is 0 Å². The largest absolute Gasteiger partial charge is 0.478 e. The number of para-hydroxylation sites is 1. The molecule has 0 fully saturated rings. The Morgan fingerprint density at radius 3 is 2.83 bits per heavy atom. The van der Waals surface area contributed by atoms with Gasteiger partial charge >= 0.3 is 5.97 Å². The topological polar surface area (TPSA) is 55.1 Å². The molecule has 4 heteroatoms. The van der Waals surface area contributed by atoms with E-state index in [0.717, 1.165) is 17.6 Å². The zero-order valence-corrected chi connectivity index (χ0v) is 12.9. The number of benzene rings is 1. The number of rotatable bonds is 5. The lowest BCUT2D eigenvalue weighted by Crippen LogP contribution is -1.96. The van der Waals surface area contributed by atoms with Crippen LogP contribution in [-0.4, -0.2) is 20.6 Å². The van der Waals surface area contributed by atoms with Crippen LogP contribution in [0.25, 0.3) is 16.6 Å². The minimum Gasteiger partial charge on any atom is -0.478 e. The van der Waals surface area contributed by atoms with Crippen molar-refractivity contribution >= 4 is 16.9 Å². The third-order valence-electron chi connectivity index (χ3n) is 3.92. The standard InChI is InChI=1S/C19H18N2O2/c1-14(19(22)23)6-4-7-15-13-21(16-8-5-11-20-12-16)18-10-3-2-9-17(15)18/h2-3,5-6,8-13H,4,7H2,1H3,(H,22,23)/b14-6+. The lowest BCUT2D eigenvalue weighted by molar-refractivity contribution is -0.132. The molecule has 0 unspecified atom stereocenters. The summed E-state index contributed by atoms with van der Waals surface area (Å²) in [6.45, 7) is 1.63. The highest BCUT2D eigenvalue weighted by molar-refractivity contribution is 5.86. The van der Waals surface area contributed by atoms with Gasteiger partial charge in [0, 0.05) is 23.4 Å². The summed E-state index contributed by atoms with van der Waals surface area (Å²) in [5, 5.41) is 10.1. The van der Waals surface area contributed by atoms with Crippen molar-refractivity contribution < 1.29 is 9.90 Å². The summed E-state index contributed by atoms with van der Waals surface area (Å²) in [7, 11) is 0. The molecule has 0 saturated carbocycles. The molecule has 0 spiro atoms. The Kier molecular flexibility index (Phi) is 4.24. The van der Waals surface area contributed by atoms with Crippen LogP contribution in [0.15, 0.2) is 66.6 Å². The molecule has 1 N–H and O–H groups in total. The molecular weight excluding hydrogens is 288 g/mol. The minimum atomic E-state index is -0.859. The van der Waals surface area contributed by atoms with E-state index in [2.05, 4.69) is 27.9 Å². The van der Waals surface area contributed by atoms with Crippen molar-refractivity contribution in [3.05, 3.63) is 72.2 Å². The Morgan fingerprint density at radius 2 is 2.09 bits per heavy atom. The number of aryl methyl sites for hydroxylation is 1. The van der Waals surface area contributed by atoms with Crippen LogP contribution in [0.3, 0.4) is 0 Å². The first-order chi connectivity index (χ1) is 11.2.